The molecule has 0 N–H and O–H groups in total. The van der Waals surface area contributed by atoms with Crippen LogP contribution in [0.1, 0.15) is 27.7 Å². The highest BCUT2D eigenvalue weighted by atomic mass is 19.2. The van der Waals surface area contributed by atoms with E-state index in [1.165, 1.54) is 40.3 Å². The van der Waals surface area contributed by atoms with Crippen molar-refractivity contribution in [2.45, 2.75) is 12.2 Å². The zero-order chi connectivity index (χ0) is 30.5. The number of amides is 1. The van der Waals surface area contributed by atoms with Crippen molar-refractivity contribution in [1.82, 2.24) is 19.5 Å². The second-order valence-corrected chi connectivity index (χ2v) is 10.1. The minimum Gasteiger partial charge on any atom is -0.451 e. The molecule has 4 heterocycles. The van der Waals surface area contributed by atoms with Gasteiger partial charge in [0.2, 0.25) is 18.0 Å². The topological polar surface area (TPSA) is 125 Å². The first-order chi connectivity index (χ1) is 21.4. The van der Waals surface area contributed by atoms with Crippen LogP contribution in [-0.4, -0.2) is 71.4 Å². The van der Waals surface area contributed by atoms with Crippen LogP contribution in [0.5, 0.6) is 5.75 Å². The number of nitrogens with zero attached hydrogens (tertiary/aromatic N) is 5. The number of pyridine rings is 1. The van der Waals surface area contributed by atoms with Gasteiger partial charge in [-0.1, -0.05) is 30.3 Å². The van der Waals surface area contributed by atoms with Gasteiger partial charge in [0.15, 0.2) is 17.3 Å². The molecular formula is C30H23F2N5O7. The summed E-state index contributed by atoms with van der Waals surface area (Å²) >= 11 is 0. The molecule has 2 aliphatic heterocycles. The number of benzene rings is 2. The summed E-state index contributed by atoms with van der Waals surface area (Å²) in [5.41, 5.74) is 1.25. The minimum absolute atomic E-state index is 0.0695. The molecule has 44 heavy (non-hydrogen) atoms. The number of methoxy groups -OCH3 is 1. The van der Waals surface area contributed by atoms with E-state index in [4.69, 9.17) is 14.2 Å². The molecule has 0 bridgehead atoms. The molecule has 1 aliphatic carbocycles. The summed E-state index contributed by atoms with van der Waals surface area (Å²) < 4.78 is 52.9. The number of carbonyl (C=O) groups excluding carboxylic acids is 2. The van der Waals surface area contributed by atoms with E-state index >= 15 is 4.39 Å². The van der Waals surface area contributed by atoms with E-state index in [1.807, 2.05) is 18.2 Å². The van der Waals surface area contributed by atoms with Gasteiger partial charge in [0.25, 0.3) is 5.91 Å². The molecule has 2 aromatic heterocycles. The summed E-state index contributed by atoms with van der Waals surface area (Å²) in [5, 5.41) is 1.77. The van der Waals surface area contributed by atoms with Gasteiger partial charge in [-0.25, -0.2) is 13.6 Å². The second-order valence-electron chi connectivity index (χ2n) is 10.1. The van der Waals surface area contributed by atoms with Crippen molar-refractivity contribution in [3.8, 4) is 28.3 Å². The third kappa shape index (κ3) is 4.17. The van der Waals surface area contributed by atoms with Crippen LogP contribution in [0, 0.1) is 11.6 Å². The summed E-state index contributed by atoms with van der Waals surface area (Å²) in [7, 11) is 1.11. The summed E-state index contributed by atoms with van der Waals surface area (Å²) in [4.78, 5) is 49.0. The van der Waals surface area contributed by atoms with Crippen molar-refractivity contribution in [2.75, 3.05) is 38.7 Å². The predicted molar refractivity (Wildman–Crippen MR) is 148 cm³/mol. The molecule has 2 atom stereocenters. The molecule has 0 unspecified atom stereocenters. The Morgan fingerprint density at radius 2 is 1.84 bits per heavy atom. The van der Waals surface area contributed by atoms with Gasteiger partial charge >= 0.3 is 6.16 Å². The van der Waals surface area contributed by atoms with E-state index < -0.39 is 48.1 Å². The summed E-state index contributed by atoms with van der Waals surface area (Å²) in [6.45, 7) is -0.236. The molecule has 0 radical (unpaired) electrons. The van der Waals surface area contributed by atoms with Crippen molar-refractivity contribution >= 4 is 12.1 Å². The highest BCUT2D eigenvalue weighted by molar-refractivity contribution is 5.97. The molecule has 1 saturated heterocycles. The lowest BCUT2D eigenvalue weighted by atomic mass is 9.92. The molecule has 3 aliphatic rings. The van der Waals surface area contributed by atoms with E-state index in [-0.39, 0.29) is 42.5 Å². The molecule has 1 fully saturated rings. The number of rotatable bonds is 4. The van der Waals surface area contributed by atoms with Crippen LogP contribution in [-0.2, 0) is 14.2 Å². The second kappa shape index (κ2) is 10.7. The van der Waals surface area contributed by atoms with E-state index in [0.29, 0.717) is 22.4 Å². The van der Waals surface area contributed by atoms with Gasteiger partial charge < -0.3 is 23.8 Å². The Labute approximate surface area is 247 Å². The zero-order valence-corrected chi connectivity index (χ0v) is 23.1. The Hall–Kier alpha value is -5.37. The van der Waals surface area contributed by atoms with Gasteiger partial charge in [-0.15, -0.1) is 0 Å². The average Bonchev–Trinajstić information content (AvgIpc) is 3.17. The molecule has 7 rings (SSSR count). The normalized spacial score (nSPS) is 18.2. The van der Waals surface area contributed by atoms with Gasteiger partial charge in [-0.3, -0.25) is 29.2 Å². The van der Waals surface area contributed by atoms with Crippen molar-refractivity contribution < 1.29 is 37.3 Å². The Balaban J connectivity index is 1.51. The first-order valence-electron chi connectivity index (χ1n) is 13.6. The van der Waals surface area contributed by atoms with Crippen LogP contribution in [0.3, 0.4) is 0 Å². The number of halogens is 2. The molecule has 0 saturated carbocycles. The molecular weight excluding hydrogens is 580 g/mol. The maximum absolute atomic E-state index is 15.9. The smallest absolute Gasteiger partial charge is 0.451 e. The third-order valence-electron chi connectivity index (χ3n) is 7.83. The molecule has 1 amide bonds. The number of aromatic nitrogens is 3. The Bertz CT molecular complexity index is 1880. The molecule has 2 aromatic carbocycles. The van der Waals surface area contributed by atoms with Crippen LogP contribution in [0.25, 0.3) is 22.5 Å². The molecule has 14 heteroatoms. The van der Waals surface area contributed by atoms with E-state index in [9.17, 15) is 18.8 Å². The highest BCUT2D eigenvalue weighted by Gasteiger charge is 2.47. The summed E-state index contributed by atoms with van der Waals surface area (Å²) in [6, 6.07) is 10.1. The first-order valence-corrected chi connectivity index (χ1v) is 13.6. The number of hydrogen-bond donors (Lipinski definition) is 0. The lowest BCUT2D eigenvalue weighted by Crippen LogP contribution is -2.66. The van der Waals surface area contributed by atoms with Crippen LogP contribution in [0.2, 0.25) is 0 Å². The quantitative estimate of drug-likeness (QED) is 0.254. The lowest BCUT2D eigenvalue weighted by Gasteiger charge is -2.51. The molecule has 0 spiro atoms. The van der Waals surface area contributed by atoms with E-state index in [0.717, 1.165) is 13.2 Å². The first kappa shape index (κ1) is 27.5. The Morgan fingerprint density at radius 1 is 1.05 bits per heavy atom. The van der Waals surface area contributed by atoms with Crippen molar-refractivity contribution in [1.29, 1.82) is 0 Å². The SMILES string of the molecule is COC(=O)OCOc1c2n(ccc1=O)N([C@@H]1c3ccccc3-c3nccnc3-c3c1ccc(F)c3F)[C@@H]1COCCN1C2=O. The van der Waals surface area contributed by atoms with Crippen LogP contribution in [0.4, 0.5) is 13.6 Å². The van der Waals surface area contributed by atoms with Crippen LogP contribution >= 0.6 is 0 Å². The predicted octanol–water partition coefficient (Wildman–Crippen LogP) is 3.22. The van der Waals surface area contributed by atoms with Crippen molar-refractivity contribution in [2.24, 2.45) is 0 Å². The van der Waals surface area contributed by atoms with Gasteiger partial charge in [0, 0.05) is 42.3 Å². The number of carbonyl (C=O) groups is 2. The fraction of sp³-hybridized carbons (Fsp3) is 0.233. The fourth-order valence-electron chi connectivity index (χ4n) is 6.01. The van der Waals surface area contributed by atoms with Crippen molar-refractivity contribution in [3.05, 3.63) is 99.7 Å². The fourth-order valence-corrected chi connectivity index (χ4v) is 6.01. The largest absolute Gasteiger partial charge is 0.510 e. The number of morpholine rings is 1. The van der Waals surface area contributed by atoms with Gasteiger partial charge in [0.05, 0.1) is 37.8 Å². The standard InChI is InChI=1S/C30H23F2N5O7/c1-41-30(40)44-15-43-28-20(38)8-11-36-27(28)29(39)35-12-13-42-14-21(35)37(36)26-17-5-3-2-4-16(17)24-25(34-10-9-33-24)22-18(26)6-7-19(31)23(22)32/h2-11,21,26H,12-15H2,1H3/t21-,26-/m1/s1. The van der Waals surface area contributed by atoms with Crippen molar-refractivity contribution in [3.63, 3.8) is 0 Å². The van der Waals surface area contributed by atoms with Gasteiger partial charge in [0.1, 0.15) is 6.17 Å². The highest BCUT2D eigenvalue weighted by Crippen LogP contribution is 2.47. The van der Waals surface area contributed by atoms with E-state index in [1.54, 1.807) is 11.1 Å². The van der Waals surface area contributed by atoms with E-state index in [2.05, 4.69) is 14.7 Å². The number of ether oxygens (including phenoxy) is 4. The maximum atomic E-state index is 15.9. The average molecular weight is 604 g/mol. The minimum atomic E-state index is -1.10. The van der Waals surface area contributed by atoms with Gasteiger partial charge in [-0.05, 0) is 17.2 Å². The van der Waals surface area contributed by atoms with Crippen LogP contribution < -0.4 is 15.2 Å². The number of fused-ring (bicyclic) bond motifs is 7. The lowest BCUT2D eigenvalue weighted by molar-refractivity contribution is -0.0208. The monoisotopic (exact) mass is 603 g/mol. The Kier molecular flexibility index (Phi) is 6.69. The molecule has 224 valence electrons. The molecule has 12 nitrogen and oxygen atoms in total. The number of hydrogen-bond acceptors (Lipinski definition) is 10. The maximum Gasteiger partial charge on any atom is 0.510 e. The molecule has 4 aromatic rings. The summed E-state index contributed by atoms with van der Waals surface area (Å²) in [6.07, 6.45) is 2.51. The van der Waals surface area contributed by atoms with Gasteiger partial charge in [-0.2, -0.15) is 0 Å². The third-order valence-corrected chi connectivity index (χ3v) is 7.83. The summed E-state index contributed by atoms with van der Waals surface area (Å²) in [5.74, 6) is -3.06. The Morgan fingerprint density at radius 3 is 2.66 bits per heavy atom. The zero-order valence-electron chi connectivity index (χ0n) is 23.1. The van der Waals surface area contributed by atoms with Crippen LogP contribution in [0.15, 0.2) is 65.8 Å².